The third kappa shape index (κ3) is 2.68. The summed E-state index contributed by atoms with van der Waals surface area (Å²) in [4.78, 5) is 0. The van der Waals surface area contributed by atoms with Crippen LogP contribution in [0, 0.1) is 0 Å². The quantitative estimate of drug-likeness (QED) is 0.891. The number of para-hydroxylation sites is 1. The van der Waals surface area contributed by atoms with Crippen LogP contribution in [0.15, 0.2) is 24.3 Å². The Balaban J connectivity index is 2.38. The van der Waals surface area contributed by atoms with Crippen molar-refractivity contribution in [3.05, 3.63) is 29.8 Å². The predicted molar refractivity (Wildman–Crippen MR) is 73.0 cm³/mol. The molecule has 1 aromatic rings. The molecule has 0 aliphatic carbocycles. The molecule has 1 saturated heterocycles. The Bertz CT molecular complexity index is 384. The molecule has 3 heteroatoms. The van der Waals surface area contributed by atoms with Gasteiger partial charge in [-0.15, -0.1) is 0 Å². The molecule has 1 atom stereocenters. The number of nitrogens with two attached hydrogens (primary N) is 1. The van der Waals surface area contributed by atoms with Crippen molar-refractivity contribution in [2.45, 2.75) is 37.6 Å². The van der Waals surface area contributed by atoms with Gasteiger partial charge in [-0.05, 0) is 32.3 Å². The van der Waals surface area contributed by atoms with Gasteiger partial charge in [-0.1, -0.05) is 18.2 Å². The summed E-state index contributed by atoms with van der Waals surface area (Å²) in [5.74, 6) is 0.972. The first kappa shape index (κ1) is 13.4. The van der Waals surface area contributed by atoms with E-state index in [0.29, 0.717) is 0 Å². The highest BCUT2D eigenvalue weighted by Gasteiger charge is 2.37. The van der Waals surface area contributed by atoms with Crippen molar-refractivity contribution in [1.82, 2.24) is 0 Å². The van der Waals surface area contributed by atoms with Gasteiger partial charge in [0.05, 0.1) is 7.11 Å². The van der Waals surface area contributed by atoms with Crippen LogP contribution in [-0.4, -0.2) is 26.4 Å². The van der Waals surface area contributed by atoms with E-state index in [1.165, 1.54) is 5.56 Å². The fourth-order valence-corrected chi connectivity index (χ4v) is 3.04. The van der Waals surface area contributed by atoms with E-state index in [0.717, 1.165) is 38.2 Å². The summed E-state index contributed by atoms with van der Waals surface area (Å²) in [7, 11) is 1.73. The molecule has 1 heterocycles. The molecular weight excluding hydrogens is 226 g/mol. The van der Waals surface area contributed by atoms with Gasteiger partial charge in [0.25, 0.3) is 0 Å². The van der Waals surface area contributed by atoms with E-state index in [-0.39, 0.29) is 11.5 Å². The number of ether oxygens (including phenoxy) is 2. The second kappa shape index (κ2) is 5.72. The lowest BCUT2D eigenvalue weighted by molar-refractivity contribution is 0.0440. The van der Waals surface area contributed by atoms with Crippen LogP contribution in [0.3, 0.4) is 0 Å². The molecule has 2 rings (SSSR count). The summed E-state index contributed by atoms with van der Waals surface area (Å²) >= 11 is 0. The predicted octanol–water partition coefficient (Wildman–Crippen LogP) is 2.48. The Labute approximate surface area is 109 Å². The molecule has 0 amide bonds. The number of methoxy groups -OCH3 is 1. The molecule has 1 aromatic carbocycles. The summed E-state index contributed by atoms with van der Waals surface area (Å²) in [6.45, 7) is 3.70. The zero-order valence-electron chi connectivity index (χ0n) is 11.3. The van der Waals surface area contributed by atoms with Crippen LogP contribution < -0.4 is 10.5 Å². The fraction of sp³-hybridized carbons (Fsp3) is 0.600. The summed E-state index contributed by atoms with van der Waals surface area (Å²) < 4.78 is 11.0. The molecule has 0 spiro atoms. The van der Waals surface area contributed by atoms with Crippen LogP contribution in [0.4, 0.5) is 0 Å². The van der Waals surface area contributed by atoms with E-state index in [1.54, 1.807) is 7.11 Å². The van der Waals surface area contributed by atoms with Gasteiger partial charge in [0.1, 0.15) is 5.75 Å². The number of rotatable bonds is 4. The molecule has 18 heavy (non-hydrogen) atoms. The summed E-state index contributed by atoms with van der Waals surface area (Å²) in [6, 6.07) is 8.49. The Morgan fingerprint density at radius 2 is 2.00 bits per heavy atom. The summed E-state index contributed by atoms with van der Waals surface area (Å²) in [5.41, 5.74) is 7.45. The molecule has 1 aliphatic heterocycles. The summed E-state index contributed by atoms with van der Waals surface area (Å²) in [6.07, 6.45) is 3.03. The van der Waals surface area contributed by atoms with E-state index in [4.69, 9.17) is 15.2 Å². The van der Waals surface area contributed by atoms with Gasteiger partial charge in [0, 0.05) is 30.2 Å². The minimum atomic E-state index is 0.110. The van der Waals surface area contributed by atoms with Gasteiger partial charge in [0.2, 0.25) is 0 Å². The molecule has 1 fully saturated rings. The van der Waals surface area contributed by atoms with Crippen molar-refractivity contribution in [3.8, 4) is 5.75 Å². The second-order valence-corrected chi connectivity index (χ2v) is 5.27. The van der Waals surface area contributed by atoms with Gasteiger partial charge in [-0.3, -0.25) is 0 Å². The zero-order chi connectivity index (χ0) is 13.0. The third-order valence-corrected chi connectivity index (χ3v) is 3.84. The van der Waals surface area contributed by atoms with E-state index in [1.807, 2.05) is 12.1 Å². The van der Waals surface area contributed by atoms with Gasteiger partial charge in [0.15, 0.2) is 0 Å². The zero-order valence-corrected chi connectivity index (χ0v) is 11.3. The van der Waals surface area contributed by atoms with Crippen LogP contribution in [0.5, 0.6) is 5.75 Å². The summed E-state index contributed by atoms with van der Waals surface area (Å²) in [5, 5.41) is 0. The average molecular weight is 249 g/mol. The van der Waals surface area contributed by atoms with Gasteiger partial charge >= 0.3 is 0 Å². The highest BCUT2D eigenvalue weighted by Crippen LogP contribution is 2.42. The van der Waals surface area contributed by atoms with Gasteiger partial charge in [-0.2, -0.15) is 0 Å². The standard InChI is InChI=1S/C15H23NO2/c1-12(16)11-15(7-9-18-10-8-15)13-5-3-4-6-14(13)17-2/h3-6,12H,7-11,16H2,1-2H3. The molecule has 0 saturated carbocycles. The first-order valence-corrected chi connectivity index (χ1v) is 6.65. The highest BCUT2D eigenvalue weighted by atomic mass is 16.5. The molecule has 0 aromatic heterocycles. The minimum Gasteiger partial charge on any atom is -0.496 e. The average Bonchev–Trinajstić information content (AvgIpc) is 2.39. The van der Waals surface area contributed by atoms with Crippen molar-refractivity contribution in [2.75, 3.05) is 20.3 Å². The topological polar surface area (TPSA) is 44.5 Å². The molecule has 3 nitrogen and oxygen atoms in total. The Morgan fingerprint density at radius 1 is 1.33 bits per heavy atom. The number of benzene rings is 1. The number of hydrogen-bond acceptors (Lipinski definition) is 3. The molecular formula is C15H23NO2. The van der Waals surface area contributed by atoms with Crippen molar-refractivity contribution >= 4 is 0 Å². The van der Waals surface area contributed by atoms with Gasteiger partial charge in [-0.25, -0.2) is 0 Å². The normalized spacial score (nSPS) is 20.4. The second-order valence-electron chi connectivity index (χ2n) is 5.27. The molecule has 1 unspecified atom stereocenters. The van der Waals surface area contributed by atoms with Crippen molar-refractivity contribution < 1.29 is 9.47 Å². The van der Waals surface area contributed by atoms with Crippen LogP contribution in [0.1, 0.15) is 31.7 Å². The Morgan fingerprint density at radius 3 is 2.61 bits per heavy atom. The first-order chi connectivity index (χ1) is 8.68. The number of hydrogen-bond donors (Lipinski definition) is 1. The van der Waals surface area contributed by atoms with E-state index in [2.05, 4.69) is 19.1 Å². The van der Waals surface area contributed by atoms with Crippen molar-refractivity contribution in [2.24, 2.45) is 5.73 Å². The van der Waals surface area contributed by atoms with Crippen molar-refractivity contribution in [1.29, 1.82) is 0 Å². The van der Waals surface area contributed by atoms with Crippen molar-refractivity contribution in [3.63, 3.8) is 0 Å². The lowest BCUT2D eigenvalue weighted by atomic mass is 9.70. The maximum atomic E-state index is 6.06. The molecule has 1 aliphatic rings. The largest absolute Gasteiger partial charge is 0.496 e. The molecule has 2 N–H and O–H groups in total. The molecule has 0 bridgehead atoms. The Kier molecular flexibility index (Phi) is 4.25. The van der Waals surface area contributed by atoms with Crippen LogP contribution >= 0.6 is 0 Å². The SMILES string of the molecule is COc1ccccc1C1(CC(C)N)CCOCC1. The fourth-order valence-electron chi connectivity index (χ4n) is 3.04. The van der Waals surface area contributed by atoms with E-state index in [9.17, 15) is 0 Å². The van der Waals surface area contributed by atoms with E-state index < -0.39 is 0 Å². The van der Waals surface area contributed by atoms with Crippen LogP contribution in [0.2, 0.25) is 0 Å². The Hall–Kier alpha value is -1.06. The third-order valence-electron chi connectivity index (χ3n) is 3.84. The maximum absolute atomic E-state index is 6.06. The smallest absolute Gasteiger partial charge is 0.122 e. The van der Waals surface area contributed by atoms with E-state index >= 15 is 0 Å². The lowest BCUT2D eigenvalue weighted by Gasteiger charge is -2.39. The maximum Gasteiger partial charge on any atom is 0.122 e. The molecule has 100 valence electrons. The molecule has 0 radical (unpaired) electrons. The minimum absolute atomic E-state index is 0.110. The highest BCUT2D eigenvalue weighted by molar-refractivity contribution is 5.40. The lowest BCUT2D eigenvalue weighted by Crippen LogP contribution is -2.39. The van der Waals surface area contributed by atoms with Crippen LogP contribution in [0.25, 0.3) is 0 Å². The van der Waals surface area contributed by atoms with Gasteiger partial charge < -0.3 is 15.2 Å². The first-order valence-electron chi connectivity index (χ1n) is 6.65. The monoisotopic (exact) mass is 249 g/mol. The van der Waals surface area contributed by atoms with Crippen LogP contribution in [-0.2, 0) is 10.2 Å².